The van der Waals surface area contributed by atoms with Crippen molar-refractivity contribution in [3.05, 3.63) is 51.0 Å². The fourth-order valence-corrected chi connectivity index (χ4v) is 3.69. The number of methoxy groups -OCH3 is 1. The Labute approximate surface area is 178 Å². The highest BCUT2D eigenvalue weighted by Crippen LogP contribution is 2.28. The van der Waals surface area contributed by atoms with Crippen LogP contribution in [0.3, 0.4) is 0 Å². The number of fused-ring (bicyclic) bond motifs is 1. The van der Waals surface area contributed by atoms with Crippen molar-refractivity contribution in [3.63, 3.8) is 0 Å². The fourth-order valence-electron chi connectivity index (χ4n) is 3.16. The number of aromatic nitrogens is 3. The van der Waals surface area contributed by atoms with Crippen molar-refractivity contribution in [3.8, 4) is 11.1 Å². The smallest absolute Gasteiger partial charge is 0.330 e. The van der Waals surface area contributed by atoms with Gasteiger partial charge in [0.25, 0.3) is 0 Å². The lowest BCUT2D eigenvalue weighted by atomic mass is 10.1. The molecular formula is C20H22Cl2N4O3. The number of nitrogens with zero attached hydrogens (tertiary/aromatic N) is 3. The molecule has 0 aliphatic rings. The minimum Gasteiger partial charge on any atom is -0.385 e. The fraction of sp³-hybridized carbons (Fsp3) is 0.350. The predicted molar refractivity (Wildman–Crippen MR) is 115 cm³/mol. The SMILES string of the molecule is CCn1c(=O)n(CC(=O)NCCCOC)c2ncc(-c3cc(Cl)cc(Cl)c3)cc21. The van der Waals surface area contributed by atoms with E-state index in [2.05, 4.69) is 10.3 Å². The summed E-state index contributed by atoms with van der Waals surface area (Å²) in [6.07, 6.45) is 2.36. The minimum absolute atomic E-state index is 0.0926. The van der Waals surface area contributed by atoms with Crippen LogP contribution in [0.5, 0.6) is 0 Å². The van der Waals surface area contributed by atoms with E-state index < -0.39 is 0 Å². The van der Waals surface area contributed by atoms with Crippen molar-refractivity contribution in [2.45, 2.75) is 26.4 Å². The predicted octanol–water partition coefficient (Wildman–Crippen LogP) is 3.34. The van der Waals surface area contributed by atoms with Crippen LogP contribution >= 0.6 is 23.2 Å². The summed E-state index contributed by atoms with van der Waals surface area (Å²) in [7, 11) is 1.61. The Morgan fingerprint density at radius 1 is 1.14 bits per heavy atom. The summed E-state index contributed by atoms with van der Waals surface area (Å²) >= 11 is 12.2. The molecule has 9 heteroatoms. The number of hydrogen-bond acceptors (Lipinski definition) is 4. The van der Waals surface area contributed by atoms with E-state index in [1.807, 2.05) is 13.0 Å². The first-order valence-corrected chi connectivity index (χ1v) is 10.0. The summed E-state index contributed by atoms with van der Waals surface area (Å²) in [4.78, 5) is 29.6. The van der Waals surface area contributed by atoms with Gasteiger partial charge >= 0.3 is 5.69 Å². The first kappa shape index (κ1) is 21.4. The maximum Gasteiger partial charge on any atom is 0.330 e. The second-order valence-electron chi connectivity index (χ2n) is 6.53. The van der Waals surface area contributed by atoms with Crippen LogP contribution < -0.4 is 11.0 Å². The van der Waals surface area contributed by atoms with Crippen molar-refractivity contribution >= 4 is 40.3 Å². The monoisotopic (exact) mass is 436 g/mol. The van der Waals surface area contributed by atoms with Gasteiger partial charge in [0.2, 0.25) is 5.91 Å². The molecule has 154 valence electrons. The van der Waals surface area contributed by atoms with Crippen LogP contribution in [0, 0.1) is 0 Å². The van der Waals surface area contributed by atoms with Gasteiger partial charge in [-0.3, -0.25) is 13.9 Å². The second-order valence-corrected chi connectivity index (χ2v) is 7.41. The van der Waals surface area contributed by atoms with E-state index in [1.165, 1.54) is 4.57 Å². The van der Waals surface area contributed by atoms with E-state index in [4.69, 9.17) is 27.9 Å². The van der Waals surface area contributed by atoms with E-state index in [0.29, 0.717) is 47.3 Å². The number of imidazole rings is 1. The second kappa shape index (κ2) is 9.43. The molecule has 0 fully saturated rings. The van der Waals surface area contributed by atoms with Crippen LogP contribution in [-0.4, -0.2) is 40.3 Å². The van der Waals surface area contributed by atoms with Gasteiger partial charge in [-0.25, -0.2) is 9.78 Å². The van der Waals surface area contributed by atoms with Crippen LogP contribution in [0.1, 0.15) is 13.3 Å². The van der Waals surface area contributed by atoms with Gasteiger partial charge in [0.1, 0.15) is 6.54 Å². The summed E-state index contributed by atoms with van der Waals surface area (Å²) in [5, 5.41) is 3.82. The van der Waals surface area contributed by atoms with Crippen LogP contribution in [0.15, 0.2) is 35.3 Å². The number of carbonyl (C=O) groups is 1. The molecule has 1 aromatic carbocycles. The molecule has 0 saturated carbocycles. The Morgan fingerprint density at radius 3 is 2.52 bits per heavy atom. The topological polar surface area (TPSA) is 78.2 Å². The number of aryl methyl sites for hydroxylation is 1. The summed E-state index contributed by atoms with van der Waals surface area (Å²) in [5.41, 5.74) is 2.42. The molecule has 0 atom stereocenters. The van der Waals surface area contributed by atoms with Crippen molar-refractivity contribution < 1.29 is 9.53 Å². The molecular weight excluding hydrogens is 415 g/mol. The molecule has 0 bridgehead atoms. The van der Waals surface area contributed by atoms with Crippen LogP contribution in [0.25, 0.3) is 22.3 Å². The molecule has 1 amide bonds. The Bertz CT molecular complexity index is 1070. The Kier molecular flexibility index (Phi) is 6.95. The van der Waals surface area contributed by atoms with Crippen molar-refractivity contribution in [2.24, 2.45) is 0 Å². The standard InChI is InChI=1S/C20H22Cl2N4O3/c1-3-25-17-9-14(13-7-15(21)10-16(22)8-13)11-24-19(17)26(20(25)28)12-18(27)23-5-4-6-29-2/h7-11H,3-6,12H2,1-2H3,(H,23,27). The third kappa shape index (κ3) is 4.80. The minimum atomic E-state index is -0.275. The molecule has 3 rings (SSSR count). The molecule has 0 aliphatic heterocycles. The molecule has 0 unspecified atom stereocenters. The van der Waals surface area contributed by atoms with Gasteiger partial charge in [-0.1, -0.05) is 23.2 Å². The molecule has 2 heterocycles. The van der Waals surface area contributed by atoms with Gasteiger partial charge in [0.15, 0.2) is 5.65 Å². The number of ether oxygens (including phenoxy) is 1. The van der Waals surface area contributed by atoms with Gasteiger partial charge in [-0.15, -0.1) is 0 Å². The van der Waals surface area contributed by atoms with Gasteiger partial charge in [0, 0.05) is 48.6 Å². The average molecular weight is 437 g/mol. The number of nitrogens with one attached hydrogen (secondary N) is 1. The highest BCUT2D eigenvalue weighted by atomic mass is 35.5. The normalized spacial score (nSPS) is 11.2. The molecule has 0 saturated heterocycles. The molecule has 1 N–H and O–H groups in total. The average Bonchev–Trinajstić information content (AvgIpc) is 2.95. The summed E-state index contributed by atoms with van der Waals surface area (Å²) in [5.74, 6) is -0.245. The maximum absolute atomic E-state index is 12.8. The Hall–Kier alpha value is -2.35. The van der Waals surface area contributed by atoms with Crippen LogP contribution in [0.2, 0.25) is 10.0 Å². The largest absolute Gasteiger partial charge is 0.385 e. The Balaban J connectivity index is 1.95. The highest BCUT2D eigenvalue weighted by molar-refractivity contribution is 6.35. The lowest BCUT2D eigenvalue weighted by molar-refractivity contribution is -0.121. The highest BCUT2D eigenvalue weighted by Gasteiger charge is 2.17. The molecule has 0 aliphatic carbocycles. The van der Waals surface area contributed by atoms with Crippen LogP contribution in [-0.2, 0) is 22.6 Å². The summed E-state index contributed by atoms with van der Waals surface area (Å²) < 4.78 is 7.94. The number of halogens is 2. The lowest BCUT2D eigenvalue weighted by Gasteiger charge is -2.06. The van der Waals surface area contributed by atoms with E-state index >= 15 is 0 Å². The lowest BCUT2D eigenvalue weighted by Crippen LogP contribution is -2.33. The number of carbonyl (C=O) groups excluding carboxylic acids is 1. The first-order valence-electron chi connectivity index (χ1n) is 9.25. The van der Waals surface area contributed by atoms with Gasteiger partial charge in [0.05, 0.1) is 5.52 Å². The molecule has 3 aromatic rings. The summed E-state index contributed by atoms with van der Waals surface area (Å²) in [6.45, 7) is 3.29. The number of pyridine rings is 1. The van der Waals surface area contributed by atoms with E-state index in [0.717, 1.165) is 11.1 Å². The molecule has 7 nitrogen and oxygen atoms in total. The van der Waals surface area contributed by atoms with Crippen molar-refractivity contribution in [1.29, 1.82) is 0 Å². The van der Waals surface area contributed by atoms with Gasteiger partial charge in [-0.2, -0.15) is 0 Å². The third-order valence-electron chi connectivity index (χ3n) is 4.52. The van der Waals surface area contributed by atoms with Crippen molar-refractivity contribution in [2.75, 3.05) is 20.3 Å². The van der Waals surface area contributed by atoms with Gasteiger partial charge in [-0.05, 0) is 43.2 Å². The number of hydrogen-bond donors (Lipinski definition) is 1. The third-order valence-corrected chi connectivity index (χ3v) is 4.95. The Morgan fingerprint density at radius 2 is 1.86 bits per heavy atom. The zero-order chi connectivity index (χ0) is 21.0. The zero-order valence-electron chi connectivity index (χ0n) is 16.2. The van der Waals surface area contributed by atoms with Crippen molar-refractivity contribution in [1.82, 2.24) is 19.4 Å². The molecule has 0 spiro atoms. The molecule has 29 heavy (non-hydrogen) atoms. The molecule has 2 aromatic heterocycles. The van der Waals surface area contributed by atoms with Gasteiger partial charge < -0.3 is 10.1 Å². The zero-order valence-corrected chi connectivity index (χ0v) is 17.8. The maximum atomic E-state index is 12.8. The van der Waals surface area contributed by atoms with E-state index in [9.17, 15) is 9.59 Å². The summed E-state index contributed by atoms with van der Waals surface area (Å²) in [6, 6.07) is 7.09. The number of benzene rings is 1. The first-order chi connectivity index (χ1) is 13.9. The van der Waals surface area contributed by atoms with E-state index in [-0.39, 0.29) is 18.1 Å². The molecule has 0 radical (unpaired) electrons. The van der Waals surface area contributed by atoms with Crippen LogP contribution in [0.4, 0.5) is 0 Å². The number of rotatable bonds is 8. The quantitative estimate of drug-likeness (QED) is 0.549. The number of amides is 1. The van der Waals surface area contributed by atoms with E-state index in [1.54, 1.807) is 36.1 Å².